The van der Waals surface area contributed by atoms with Crippen LogP contribution in [0, 0.1) is 6.92 Å². The average molecular weight is 352 g/mol. The number of nitrogens with zero attached hydrogens (tertiary/aromatic N) is 3. The smallest absolute Gasteiger partial charge is 0.227 e. The lowest BCUT2D eigenvalue weighted by Gasteiger charge is -2.06. The number of anilines is 2. The van der Waals surface area contributed by atoms with Gasteiger partial charge in [0.1, 0.15) is 0 Å². The van der Waals surface area contributed by atoms with Gasteiger partial charge in [-0.15, -0.1) is 11.3 Å². The molecule has 0 radical (unpaired) electrons. The minimum absolute atomic E-state index is 0.0476. The van der Waals surface area contributed by atoms with E-state index in [0.717, 1.165) is 27.0 Å². The third kappa shape index (κ3) is 3.91. The summed E-state index contributed by atoms with van der Waals surface area (Å²) in [5.41, 5.74) is 3.37. The molecule has 6 heteroatoms. The van der Waals surface area contributed by atoms with Crippen LogP contribution in [0.4, 0.5) is 11.6 Å². The topological polar surface area (TPSA) is 67.8 Å². The SMILES string of the molecule is CC(=O)c1ccc(Nc2nccc(-c3sc(C(C)C)nc3C)n2)cc1. The van der Waals surface area contributed by atoms with Gasteiger partial charge in [-0.05, 0) is 44.2 Å². The van der Waals surface area contributed by atoms with E-state index >= 15 is 0 Å². The van der Waals surface area contributed by atoms with Crippen molar-refractivity contribution in [1.29, 1.82) is 0 Å². The monoisotopic (exact) mass is 352 g/mol. The number of hydrogen-bond donors (Lipinski definition) is 1. The summed E-state index contributed by atoms with van der Waals surface area (Å²) in [4.78, 5) is 25.9. The normalized spacial score (nSPS) is 10.9. The molecule has 0 aliphatic rings. The molecule has 25 heavy (non-hydrogen) atoms. The van der Waals surface area contributed by atoms with Gasteiger partial charge in [-0.1, -0.05) is 13.8 Å². The number of thiazole rings is 1. The van der Waals surface area contributed by atoms with Gasteiger partial charge in [0.2, 0.25) is 5.95 Å². The maximum atomic E-state index is 11.3. The Balaban J connectivity index is 1.85. The van der Waals surface area contributed by atoms with E-state index < -0.39 is 0 Å². The number of carbonyl (C=O) groups excluding carboxylic acids is 1. The molecule has 0 aliphatic heterocycles. The summed E-state index contributed by atoms with van der Waals surface area (Å²) in [6.07, 6.45) is 1.74. The number of Topliss-reactive ketones (excluding diaryl/α,β-unsaturated/α-hetero) is 1. The molecule has 0 saturated carbocycles. The molecule has 3 rings (SSSR count). The number of aryl methyl sites for hydroxylation is 1. The van der Waals surface area contributed by atoms with Crippen molar-refractivity contribution in [3.63, 3.8) is 0 Å². The zero-order valence-electron chi connectivity index (χ0n) is 14.7. The van der Waals surface area contributed by atoms with E-state index in [1.165, 1.54) is 0 Å². The Morgan fingerprint density at radius 2 is 1.84 bits per heavy atom. The summed E-state index contributed by atoms with van der Waals surface area (Å²) in [6.45, 7) is 7.84. The summed E-state index contributed by atoms with van der Waals surface area (Å²) < 4.78 is 0. The number of nitrogens with one attached hydrogen (secondary N) is 1. The number of aromatic nitrogens is 3. The molecule has 1 aromatic carbocycles. The Labute approximate surface area is 151 Å². The van der Waals surface area contributed by atoms with Crippen molar-refractivity contribution in [1.82, 2.24) is 15.0 Å². The number of rotatable bonds is 5. The quantitative estimate of drug-likeness (QED) is 0.656. The van der Waals surface area contributed by atoms with Crippen molar-refractivity contribution in [2.45, 2.75) is 33.6 Å². The highest BCUT2D eigenvalue weighted by Gasteiger charge is 2.14. The molecule has 0 spiro atoms. The van der Waals surface area contributed by atoms with E-state index in [9.17, 15) is 4.79 Å². The van der Waals surface area contributed by atoms with Gasteiger partial charge in [-0.2, -0.15) is 0 Å². The summed E-state index contributed by atoms with van der Waals surface area (Å²) in [5.74, 6) is 0.968. The van der Waals surface area contributed by atoms with E-state index in [1.807, 2.05) is 25.1 Å². The van der Waals surface area contributed by atoms with Crippen molar-refractivity contribution in [2.24, 2.45) is 0 Å². The molecular weight excluding hydrogens is 332 g/mol. The van der Waals surface area contributed by atoms with E-state index in [-0.39, 0.29) is 5.78 Å². The second kappa shape index (κ2) is 7.11. The standard InChI is InChI=1S/C19H20N4OS/c1-11(2)18-21-12(3)17(25-18)16-9-10-20-19(23-16)22-15-7-5-14(6-8-15)13(4)24/h5-11H,1-4H3,(H,20,22,23). The van der Waals surface area contributed by atoms with Gasteiger partial charge in [0.05, 0.1) is 21.3 Å². The zero-order valence-corrected chi connectivity index (χ0v) is 15.5. The zero-order chi connectivity index (χ0) is 18.0. The Hall–Kier alpha value is -2.60. The largest absolute Gasteiger partial charge is 0.324 e. The molecule has 2 heterocycles. The third-order valence-electron chi connectivity index (χ3n) is 3.74. The highest BCUT2D eigenvalue weighted by molar-refractivity contribution is 7.15. The summed E-state index contributed by atoms with van der Waals surface area (Å²) in [5, 5.41) is 4.29. The first-order valence-electron chi connectivity index (χ1n) is 8.13. The van der Waals surface area contributed by atoms with E-state index in [4.69, 9.17) is 0 Å². The Morgan fingerprint density at radius 1 is 1.12 bits per heavy atom. The first-order valence-corrected chi connectivity index (χ1v) is 8.94. The number of benzene rings is 1. The van der Waals surface area contributed by atoms with Crippen LogP contribution in [0.3, 0.4) is 0 Å². The second-order valence-electron chi connectivity index (χ2n) is 6.15. The van der Waals surface area contributed by atoms with Gasteiger partial charge < -0.3 is 5.32 Å². The molecule has 0 bridgehead atoms. The van der Waals surface area contributed by atoms with Gasteiger partial charge in [0.25, 0.3) is 0 Å². The maximum absolute atomic E-state index is 11.3. The molecule has 3 aromatic rings. The fourth-order valence-corrected chi connectivity index (χ4v) is 3.40. The third-order valence-corrected chi connectivity index (χ3v) is 5.22. The van der Waals surface area contributed by atoms with Gasteiger partial charge in [-0.25, -0.2) is 15.0 Å². The van der Waals surface area contributed by atoms with Crippen LogP contribution in [0.5, 0.6) is 0 Å². The summed E-state index contributed by atoms with van der Waals surface area (Å²) >= 11 is 1.67. The van der Waals surface area contributed by atoms with Crippen LogP contribution in [-0.4, -0.2) is 20.7 Å². The predicted octanol–water partition coefficient (Wildman–Crippen LogP) is 4.98. The molecule has 0 amide bonds. The second-order valence-corrected chi connectivity index (χ2v) is 7.18. The first kappa shape index (κ1) is 17.2. The van der Waals surface area contributed by atoms with Gasteiger partial charge in [-0.3, -0.25) is 4.79 Å². The molecule has 0 atom stereocenters. The number of carbonyl (C=O) groups is 1. The fourth-order valence-electron chi connectivity index (χ4n) is 2.36. The van der Waals surface area contributed by atoms with Gasteiger partial charge in [0, 0.05) is 23.4 Å². The van der Waals surface area contributed by atoms with Crippen LogP contribution in [0.15, 0.2) is 36.5 Å². The summed E-state index contributed by atoms with van der Waals surface area (Å²) in [7, 11) is 0. The Kier molecular flexibility index (Phi) is 4.90. The summed E-state index contributed by atoms with van der Waals surface area (Å²) in [6, 6.07) is 9.17. The number of ketones is 1. The molecule has 0 aliphatic carbocycles. The minimum Gasteiger partial charge on any atom is -0.324 e. The fraction of sp³-hybridized carbons (Fsp3) is 0.263. The van der Waals surface area contributed by atoms with Gasteiger partial charge in [0.15, 0.2) is 5.78 Å². The van der Waals surface area contributed by atoms with Crippen molar-refractivity contribution >= 4 is 28.8 Å². The highest BCUT2D eigenvalue weighted by Crippen LogP contribution is 2.32. The molecule has 5 nitrogen and oxygen atoms in total. The van der Waals surface area contributed by atoms with Crippen molar-refractivity contribution in [3.05, 3.63) is 52.8 Å². The van der Waals surface area contributed by atoms with Crippen molar-refractivity contribution in [2.75, 3.05) is 5.32 Å². The lowest BCUT2D eigenvalue weighted by atomic mass is 10.1. The van der Waals surface area contributed by atoms with E-state index in [0.29, 0.717) is 17.4 Å². The van der Waals surface area contributed by atoms with Crippen molar-refractivity contribution < 1.29 is 4.79 Å². The van der Waals surface area contributed by atoms with Crippen molar-refractivity contribution in [3.8, 4) is 10.6 Å². The molecule has 2 aromatic heterocycles. The first-order chi connectivity index (χ1) is 11.9. The molecule has 0 unspecified atom stereocenters. The molecule has 0 saturated heterocycles. The predicted molar refractivity (Wildman–Crippen MR) is 102 cm³/mol. The average Bonchev–Trinajstić information content (AvgIpc) is 2.98. The van der Waals surface area contributed by atoms with Gasteiger partial charge >= 0.3 is 0 Å². The molecule has 1 N–H and O–H groups in total. The van der Waals surface area contributed by atoms with Crippen LogP contribution in [-0.2, 0) is 0 Å². The minimum atomic E-state index is 0.0476. The van der Waals surface area contributed by atoms with E-state index in [2.05, 4.69) is 34.1 Å². The van der Waals surface area contributed by atoms with E-state index in [1.54, 1.807) is 36.6 Å². The molecular formula is C19H20N4OS. The van der Waals surface area contributed by atoms with Crippen LogP contribution < -0.4 is 5.32 Å². The number of hydrogen-bond acceptors (Lipinski definition) is 6. The Morgan fingerprint density at radius 3 is 2.44 bits per heavy atom. The lowest BCUT2D eigenvalue weighted by molar-refractivity contribution is 0.101. The van der Waals surface area contributed by atoms with Crippen LogP contribution in [0.2, 0.25) is 0 Å². The lowest BCUT2D eigenvalue weighted by Crippen LogP contribution is -1.98. The highest BCUT2D eigenvalue weighted by atomic mass is 32.1. The Bertz CT molecular complexity index is 900. The maximum Gasteiger partial charge on any atom is 0.227 e. The van der Waals surface area contributed by atoms with Crippen LogP contribution >= 0.6 is 11.3 Å². The molecule has 0 fully saturated rings. The van der Waals surface area contributed by atoms with Crippen LogP contribution in [0.25, 0.3) is 10.6 Å². The van der Waals surface area contributed by atoms with Crippen LogP contribution in [0.1, 0.15) is 47.7 Å². The molecule has 128 valence electrons.